The topological polar surface area (TPSA) is 100 Å². The van der Waals surface area contributed by atoms with E-state index in [1.165, 1.54) is 6.08 Å². The summed E-state index contributed by atoms with van der Waals surface area (Å²) in [5, 5.41) is 15.3. The van der Waals surface area contributed by atoms with E-state index in [9.17, 15) is 14.9 Å². The lowest BCUT2D eigenvalue weighted by molar-refractivity contribution is -0.118. The summed E-state index contributed by atoms with van der Waals surface area (Å²) in [7, 11) is 0. The third-order valence-corrected chi connectivity index (χ3v) is 5.45. The summed E-state index contributed by atoms with van der Waals surface area (Å²) in [6.45, 7) is 1.85. The van der Waals surface area contributed by atoms with Crippen LogP contribution in [0.3, 0.4) is 0 Å². The zero-order chi connectivity index (χ0) is 25.2. The van der Waals surface area contributed by atoms with Crippen LogP contribution < -0.4 is 20.1 Å². The van der Waals surface area contributed by atoms with Gasteiger partial charge in [0.1, 0.15) is 11.6 Å². The maximum Gasteiger partial charge on any atom is 0.266 e. The van der Waals surface area contributed by atoms with Crippen LogP contribution in [-0.2, 0) is 9.59 Å². The molecule has 0 aliphatic heterocycles. The van der Waals surface area contributed by atoms with Crippen molar-refractivity contribution in [1.29, 1.82) is 5.26 Å². The molecule has 0 saturated carbocycles. The molecule has 178 valence electrons. The van der Waals surface area contributed by atoms with Crippen molar-refractivity contribution >= 4 is 56.8 Å². The summed E-state index contributed by atoms with van der Waals surface area (Å²) in [6, 6.07) is 20.9. The van der Waals surface area contributed by atoms with Gasteiger partial charge in [-0.15, -0.1) is 0 Å². The molecule has 7 nitrogen and oxygen atoms in total. The van der Waals surface area contributed by atoms with E-state index in [0.717, 1.165) is 0 Å². The number of nitriles is 1. The van der Waals surface area contributed by atoms with Gasteiger partial charge < -0.3 is 20.1 Å². The molecule has 35 heavy (non-hydrogen) atoms. The predicted molar refractivity (Wildman–Crippen MR) is 140 cm³/mol. The van der Waals surface area contributed by atoms with Crippen molar-refractivity contribution in [2.75, 3.05) is 23.8 Å². The summed E-state index contributed by atoms with van der Waals surface area (Å²) in [4.78, 5) is 24.9. The smallest absolute Gasteiger partial charge is 0.266 e. The SMILES string of the molecule is CCOc1cc(/C=C(\C#N)C(=O)Nc2ccccc2)cc(Br)c1OCC(=O)Nc1ccccc1Cl. The van der Waals surface area contributed by atoms with Gasteiger partial charge in [-0.05, 0) is 70.9 Å². The summed E-state index contributed by atoms with van der Waals surface area (Å²) < 4.78 is 11.9. The Bertz CT molecular complexity index is 1290. The molecule has 0 radical (unpaired) electrons. The number of anilines is 2. The molecule has 0 unspecified atom stereocenters. The van der Waals surface area contributed by atoms with Crippen molar-refractivity contribution < 1.29 is 19.1 Å². The van der Waals surface area contributed by atoms with Crippen LogP contribution in [0.25, 0.3) is 6.08 Å². The van der Waals surface area contributed by atoms with E-state index < -0.39 is 11.8 Å². The van der Waals surface area contributed by atoms with E-state index >= 15 is 0 Å². The molecule has 0 aliphatic rings. The summed E-state index contributed by atoms with van der Waals surface area (Å²) in [6.07, 6.45) is 1.44. The Morgan fingerprint density at radius 2 is 1.77 bits per heavy atom. The first kappa shape index (κ1) is 25.8. The number of ether oxygens (including phenoxy) is 2. The monoisotopic (exact) mass is 553 g/mol. The minimum absolute atomic E-state index is 0.0870. The highest BCUT2D eigenvalue weighted by Gasteiger charge is 2.16. The number of amides is 2. The molecule has 0 heterocycles. The average Bonchev–Trinajstić information content (AvgIpc) is 2.84. The molecule has 3 rings (SSSR count). The minimum Gasteiger partial charge on any atom is -0.490 e. The normalized spacial score (nSPS) is 10.7. The third-order valence-electron chi connectivity index (χ3n) is 4.53. The number of nitrogens with one attached hydrogen (secondary N) is 2. The fraction of sp³-hybridized carbons (Fsp3) is 0.115. The van der Waals surface area contributed by atoms with E-state index in [1.807, 2.05) is 12.1 Å². The number of hydrogen-bond donors (Lipinski definition) is 2. The molecule has 3 aromatic carbocycles. The molecular weight excluding hydrogens is 534 g/mol. The van der Waals surface area contributed by atoms with Crippen LogP contribution in [0.5, 0.6) is 11.5 Å². The first-order valence-electron chi connectivity index (χ1n) is 10.5. The van der Waals surface area contributed by atoms with Gasteiger partial charge >= 0.3 is 0 Å². The van der Waals surface area contributed by atoms with E-state index in [4.69, 9.17) is 21.1 Å². The third kappa shape index (κ3) is 7.34. The van der Waals surface area contributed by atoms with Gasteiger partial charge in [0.25, 0.3) is 11.8 Å². The van der Waals surface area contributed by atoms with Crippen molar-refractivity contribution in [3.63, 3.8) is 0 Å². The predicted octanol–water partition coefficient (Wildman–Crippen LogP) is 6.06. The van der Waals surface area contributed by atoms with Gasteiger partial charge in [-0.3, -0.25) is 9.59 Å². The number of nitrogens with zero attached hydrogens (tertiary/aromatic N) is 1. The maximum atomic E-state index is 12.5. The van der Waals surface area contributed by atoms with Crippen molar-refractivity contribution in [3.05, 3.63) is 87.4 Å². The molecule has 2 amide bonds. The fourth-order valence-corrected chi connectivity index (χ4v) is 3.75. The lowest BCUT2D eigenvalue weighted by atomic mass is 10.1. The van der Waals surface area contributed by atoms with Gasteiger partial charge in [0.2, 0.25) is 0 Å². The zero-order valence-electron chi connectivity index (χ0n) is 18.7. The van der Waals surface area contributed by atoms with E-state index in [2.05, 4.69) is 26.6 Å². The Morgan fingerprint density at radius 1 is 1.06 bits per heavy atom. The highest BCUT2D eigenvalue weighted by atomic mass is 79.9. The molecule has 2 N–H and O–H groups in total. The zero-order valence-corrected chi connectivity index (χ0v) is 21.0. The lowest BCUT2D eigenvalue weighted by Crippen LogP contribution is -2.20. The second-order valence-electron chi connectivity index (χ2n) is 7.07. The standard InChI is InChI=1S/C26H21BrClN3O4/c1-2-34-23-14-17(12-18(15-29)26(33)30-19-8-4-3-5-9-19)13-20(27)25(23)35-16-24(32)31-22-11-7-6-10-21(22)28/h3-14H,2,16H2,1H3,(H,30,33)(H,31,32)/b18-12+. The number of halogens is 2. The van der Waals surface area contributed by atoms with Gasteiger partial charge in [-0.25, -0.2) is 0 Å². The number of carbonyl (C=O) groups is 2. The summed E-state index contributed by atoms with van der Waals surface area (Å²) in [5.41, 5.74) is 1.50. The van der Waals surface area contributed by atoms with E-state index in [1.54, 1.807) is 67.6 Å². The molecule has 0 bridgehead atoms. The number of para-hydroxylation sites is 2. The molecule has 0 saturated heterocycles. The van der Waals surface area contributed by atoms with Crippen LogP contribution in [-0.4, -0.2) is 25.0 Å². The lowest BCUT2D eigenvalue weighted by Gasteiger charge is -2.15. The Balaban J connectivity index is 1.77. The van der Waals surface area contributed by atoms with Gasteiger partial charge in [-0.1, -0.05) is 41.9 Å². The highest BCUT2D eigenvalue weighted by Crippen LogP contribution is 2.37. The number of rotatable bonds is 9. The largest absolute Gasteiger partial charge is 0.490 e. The van der Waals surface area contributed by atoms with Gasteiger partial charge in [0.05, 0.1) is 21.8 Å². The second-order valence-corrected chi connectivity index (χ2v) is 8.33. The first-order chi connectivity index (χ1) is 16.9. The Hall–Kier alpha value is -3.80. The van der Waals surface area contributed by atoms with Crippen molar-refractivity contribution in [3.8, 4) is 17.6 Å². The Kier molecular flexibility index (Phi) is 9.30. The average molecular weight is 555 g/mol. The molecule has 9 heteroatoms. The van der Waals surface area contributed by atoms with Crippen molar-refractivity contribution in [1.82, 2.24) is 0 Å². The highest BCUT2D eigenvalue weighted by molar-refractivity contribution is 9.10. The molecule has 0 atom stereocenters. The Labute approximate surface area is 216 Å². The molecule has 0 aliphatic carbocycles. The first-order valence-corrected chi connectivity index (χ1v) is 11.7. The maximum absolute atomic E-state index is 12.5. The quantitative estimate of drug-likeness (QED) is 0.247. The molecule has 0 aromatic heterocycles. The van der Waals surface area contributed by atoms with Crippen LogP contribution in [0.1, 0.15) is 12.5 Å². The van der Waals surface area contributed by atoms with Gasteiger partial charge in [0, 0.05) is 5.69 Å². The Morgan fingerprint density at radius 3 is 2.46 bits per heavy atom. The van der Waals surface area contributed by atoms with Crippen LogP contribution in [0.2, 0.25) is 5.02 Å². The summed E-state index contributed by atoms with van der Waals surface area (Å²) in [5.74, 6) is -0.282. The minimum atomic E-state index is -0.538. The number of carbonyl (C=O) groups excluding carboxylic acids is 2. The fourth-order valence-electron chi connectivity index (χ4n) is 3.00. The number of benzene rings is 3. The molecular formula is C26H21BrClN3O4. The van der Waals surface area contributed by atoms with Crippen molar-refractivity contribution in [2.24, 2.45) is 0 Å². The molecule has 3 aromatic rings. The van der Waals surface area contributed by atoms with Gasteiger partial charge in [-0.2, -0.15) is 5.26 Å². The number of hydrogen-bond acceptors (Lipinski definition) is 5. The van der Waals surface area contributed by atoms with E-state index in [0.29, 0.717) is 44.5 Å². The second kappa shape index (κ2) is 12.6. The molecule has 0 fully saturated rings. The van der Waals surface area contributed by atoms with E-state index in [-0.39, 0.29) is 12.2 Å². The van der Waals surface area contributed by atoms with Crippen LogP contribution in [0, 0.1) is 11.3 Å². The molecule has 0 spiro atoms. The van der Waals surface area contributed by atoms with Crippen LogP contribution >= 0.6 is 27.5 Å². The summed E-state index contributed by atoms with van der Waals surface area (Å²) >= 11 is 9.50. The van der Waals surface area contributed by atoms with Crippen molar-refractivity contribution in [2.45, 2.75) is 6.92 Å². The van der Waals surface area contributed by atoms with Gasteiger partial charge in [0.15, 0.2) is 18.1 Å². The van der Waals surface area contributed by atoms with Crippen LogP contribution in [0.4, 0.5) is 11.4 Å². The van der Waals surface area contributed by atoms with Crippen LogP contribution in [0.15, 0.2) is 76.8 Å².